The van der Waals surface area contributed by atoms with E-state index in [1.807, 2.05) is 6.92 Å². The maximum Gasteiger partial charge on any atom is 0.148 e. The Morgan fingerprint density at radius 2 is 2.20 bits per heavy atom. The maximum absolute atomic E-state index is 10.2. The summed E-state index contributed by atoms with van der Waals surface area (Å²) in [5.74, 6) is 0. The largest absolute Gasteiger partial charge is 0.371 e. The van der Waals surface area contributed by atoms with E-state index in [0.717, 1.165) is 25.5 Å². The molecule has 0 heterocycles. The Kier molecular flexibility index (Phi) is 6.50. The van der Waals surface area contributed by atoms with Crippen molar-refractivity contribution in [3.8, 4) is 0 Å². The van der Waals surface area contributed by atoms with Gasteiger partial charge in [0, 0.05) is 6.61 Å². The van der Waals surface area contributed by atoms with Crippen molar-refractivity contribution in [3.63, 3.8) is 0 Å². The lowest BCUT2D eigenvalue weighted by Gasteiger charge is -2.07. The molecule has 0 N–H and O–H groups in total. The summed E-state index contributed by atoms with van der Waals surface area (Å²) in [6.07, 6.45) is 3.65. The molecular formula is C8H16O2. The Hall–Kier alpha value is -0.370. The highest BCUT2D eigenvalue weighted by molar-refractivity contribution is 5.55. The highest BCUT2D eigenvalue weighted by Gasteiger charge is 2.01. The second-order valence-electron chi connectivity index (χ2n) is 2.31. The van der Waals surface area contributed by atoms with Crippen LogP contribution in [0.4, 0.5) is 0 Å². The molecule has 0 amide bonds. The first-order valence-corrected chi connectivity index (χ1v) is 3.92. The van der Waals surface area contributed by atoms with Crippen molar-refractivity contribution in [2.45, 2.75) is 39.2 Å². The van der Waals surface area contributed by atoms with Crippen molar-refractivity contribution in [2.24, 2.45) is 0 Å². The van der Waals surface area contributed by atoms with E-state index in [0.29, 0.717) is 6.61 Å². The monoisotopic (exact) mass is 144 g/mol. The third-order valence-corrected chi connectivity index (χ3v) is 1.38. The van der Waals surface area contributed by atoms with Gasteiger partial charge in [0.25, 0.3) is 0 Å². The summed E-state index contributed by atoms with van der Waals surface area (Å²) in [5, 5.41) is 0. The van der Waals surface area contributed by atoms with Crippen LogP contribution in [0.1, 0.15) is 33.1 Å². The smallest absolute Gasteiger partial charge is 0.148 e. The number of carbonyl (C=O) groups is 1. The molecule has 0 aliphatic carbocycles. The zero-order valence-corrected chi connectivity index (χ0v) is 6.80. The number of carbonyl (C=O) groups excluding carboxylic acids is 1. The summed E-state index contributed by atoms with van der Waals surface area (Å²) in [5.41, 5.74) is 0. The minimum absolute atomic E-state index is 0.174. The fourth-order valence-electron chi connectivity index (χ4n) is 0.632. The zero-order chi connectivity index (χ0) is 7.82. The van der Waals surface area contributed by atoms with Crippen LogP contribution >= 0.6 is 0 Å². The molecule has 0 aliphatic rings. The molecule has 2 heteroatoms. The van der Waals surface area contributed by atoms with Gasteiger partial charge in [-0.1, -0.05) is 20.3 Å². The Morgan fingerprint density at radius 1 is 1.50 bits per heavy atom. The lowest BCUT2D eigenvalue weighted by Crippen LogP contribution is -2.13. The summed E-state index contributed by atoms with van der Waals surface area (Å²) in [6.45, 7) is 4.77. The Bertz CT molecular complexity index is 81.3. The van der Waals surface area contributed by atoms with Gasteiger partial charge in [0.1, 0.15) is 12.4 Å². The van der Waals surface area contributed by atoms with Crippen molar-refractivity contribution < 1.29 is 9.53 Å². The van der Waals surface area contributed by atoms with Crippen molar-refractivity contribution in [1.29, 1.82) is 0 Å². The first kappa shape index (κ1) is 9.63. The lowest BCUT2D eigenvalue weighted by atomic mass is 10.3. The molecule has 0 rings (SSSR count). The minimum atomic E-state index is -0.174. The summed E-state index contributed by atoms with van der Waals surface area (Å²) in [7, 11) is 0. The van der Waals surface area contributed by atoms with Gasteiger partial charge in [0.2, 0.25) is 0 Å². The maximum atomic E-state index is 10.2. The van der Waals surface area contributed by atoms with Crippen LogP contribution in [0.25, 0.3) is 0 Å². The van der Waals surface area contributed by atoms with Crippen molar-refractivity contribution in [2.75, 3.05) is 6.61 Å². The first-order valence-electron chi connectivity index (χ1n) is 3.92. The van der Waals surface area contributed by atoms with Crippen molar-refractivity contribution in [3.05, 3.63) is 0 Å². The summed E-state index contributed by atoms with van der Waals surface area (Å²) >= 11 is 0. The van der Waals surface area contributed by atoms with E-state index >= 15 is 0 Å². The Morgan fingerprint density at radius 3 is 2.60 bits per heavy atom. The fraction of sp³-hybridized carbons (Fsp3) is 0.875. The number of aldehydes is 1. The average molecular weight is 144 g/mol. The normalized spacial score (nSPS) is 13.0. The Balaban J connectivity index is 3.17. The molecular weight excluding hydrogens is 128 g/mol. The van der Waals surface area contributed by atoms with E-state index in [-0.39, 0.29) is 6.10 Å². The highest BCUT2D eigenvalue weighted by atomic mass is 16.5. The lowest BCUT2D eigenvalue weighted by molar-refractivity contribution is -0.118. The SMILES string of the molecule is CCCCOC(C=O)CC. The molecule has 0 aromatic heterocycles. The van der Waals surface area contributed by atoms with E-state index < -0.39 is 0 Å². The molecule has 1 unspecified atom stereocenters. The predicted octanol–water partition coefficient (Wildman–Crippen LogP) is 1.78. The fourth-order valence-corrected chi connectivity index (χ4v) is 0.632. The van der Waals surface area contributed by atoms with Gasteiger partial charge in [-0.15, -0.1) is 0 Å². The van der Waals surface area contributed by atoms with Crippen LogP contribution in [0, 0.1) is 0 Å². The minimum Gasteiger partial charge on any atom is -0.371 e. The molecule has 2 nitrogen and oxygen atoms in total. The van der Waals surface area contributed by atoms with E-state index in [1.165, 1.54) is 0 Å². The standard InChI is InChI=1S/C8H16O2/c1-3-5-6-10-8(4-2)7-9/h7-8H,3-6H2,1-2H3. The Labute approximate surface area is 62.6 Å². The second-order valence-corrected chi connectivity index (χ2v) is 2.31. The molecule has 0 spiro atoms. The summed E-state index contributed by atoms with van der Waals surface area (Å²) in [6, 6.07) is 0. The number of rotatable bonds is 6. The van der Waals surface area contributed by atoms with E-state index in [1.54, 1.807) is 0 Å². The van der Waals surface area contributed by atoms with Crippen LogP contribution in [0.5, 0.6) is 0 Å². The van der Waals surface area contributed by atoms with Crippen molar-refractivity contribution in [1.82, 2.24) is 0 Å². The quantitative estimate of drug-likeness (QED) is 0.419. The van der Waals surface area contributed by atoms with Crippen LogP contribution in [0.15, 0.2) is 0 Å². The van der Waals surface area contributed by atoms with Crippen LogP contribution in [0.3, 0.4) is 0 Å². The van der Waals surface area contributed by atoms with Gasteiger partial charge in [-0.05, 0) is 12.8 Å². The van der Waals surface area contributed by atoms with Crippen molar-refractivity contribution >= 4 is 6.29 Å². The van der Waals surface area contributed by atoms with E-state index in [9.17, 15) is 4.79 Å². The van der Waals surface area contributed by atoms with Gasteiger partial charge in [-0.2, -0.15) is 0 Å². The summed E-state index contributed by atoms with van der Waals surface area (Å²) in [4.78, 5) is 10.2. The van der Waals surface area contributed by atoms with Gasteiger partial charge in [0.15, 0.2) is 0 Å². The molecule has 0 saturated heterocycles. The van der Waals surface area contributed by atoms with Gasteiger partial charge in [-0.3, -0.25) is 0 Å². The van der Waals surface area contributed by atoms with Gasteiger partial charge < -0.3 is 9.53 Å². The summed E-state index contributed by atoms with van der Waals surface area (Å²) < 4.78 is 5.21. The average Bonchev–Trinajstić information content (AvgIpc) is 1.99. The molecule has 0 radical (unpaired) electrons. The second kappa shape index (κ2) is 6.75. The molecule has 0 fully saturated rings. The number of unbranched alkanes of at least 4 members (excludes halogenated alkanes) is 1. The molecule has 0 aromatic rings. The molecule has 0 aliphatic heterocycles. The van der Waals surface area contributed by atoms with Gasteiger partial charge in [0.05, 0.1) is 0 Å². The van der Waals surface area contributed by atoms with E-state index in [4.69, 9.17) is 4.74 Å². The van der Waals surface area contributed by atoms with E-state index in [2.05, 4.69) is 6.92 Å². The van der Waals surface area contributed by atoms with Crippen LogP contribution in [-0.2, 0) is 9.53 Å². The zero-order valence-electron chi connectivity index (χ0n) is 6.80. The third kappa shape index (κ3) is 4.50. The van der Waals surface area contributed by atoms with Crippen LogP contribution in [0.2, 0.25) is 0 Å². The number of ether oxygens (including phenoxy) is 1. The van der Waals surface area contributed by atoms with Crippen LogP contribution in [-0.4, -0.2) is 19.0 Å². The highest BCUT2D eigenvalue weighted by Crippen LogP contribution is 1.96. The molecule has 1 atom stereocenters. The molecule has 0 bridgehead atoms. The number of hydrogen-bond donors (Lipinski definition) is 0. The molecule has 10 heavy (non-hydrogen) atoms. The predicted molar refractivity (Wildman–Crippen MR) is 41.0 cm³/mol. The first-order chi connectivity index (χ1) is 4.85. The molecule has 60 valence electrons. The molecule has 0 aromatic carbocycles. The third-order valence-electron chi connectivity index (χ3n) is 1.38. The number of hydrogen-bond acceptors (Lipinski definition) is 2. The molecule has 0 saturated carbocycles. The topological polar surface area (TPSA) is 26.3 Å². The van der Waals surface area contributed by atoms with Gasteiger partial charge in [-0.25, -0.2) is 0 Å². The van der Waals surface area contributed by atoms with Crippen LogP contribution < -0.4 is 0 Å². The van der Waals surface area contributed by atoms with Gasteiger partial charge >= 0.3 is 0 Å².